The van der Waals surface area contributed by atoms with Crippen LogP contribution in [0.1, 0.15) is 6.42 Å². The molecule has 5 heteroatoms. The lowest BCUT2D eigenvalue weighted by Gasteiger charge is -2.22. The molecule has 0 unspecified atom stereocenters. The minimum atomic E-state index is -0.822. The largest absolute Gasteiger partial charge is 0.481 e. The fraction of sp³-hybridized carbons (Fsp3) is 0.429. The Morgan fingerprint density at radius 3 is 3.17 bits per heavy atom. The Hall–Kier alpha value is -1.52. The number of hydrogen-bond acceptors (Lipinski definition) is 4. The quantitative estimate of drug-likeness (QED) is 0.602. The van der Waals surface area contributed by atoms with Crippen LogP contribution in [-0.4, -0.2) is 35.0 Å². The number of guanidine groups is 1. The second kappa shape index (κ2) is 3.75. The fourth-order valence-electron chi connectivity index (χ4n) is 0.915. The van der Waals surface area contributed by atoms with Gasteiger partial charge in [0.25, 0.3) is 0 Å². The zero-order valence-electron chi connectivity index (χ0n) is 6.60. The summed E-state index contributed by atoms with van der Waals surface area (Å²) in [4.78, 5) is 15.8. The van der Waals surface area contributed by atoms with Crippen molar-refractivity contribution in [2.24, 2.45) is 10.7 Å². The predicted molar refractivity (Wildman–Crippen MR) is 44.6 cm³/mol. The molecule has 0 fully saturated rings. The third-order valence-corrected chi connectivity index (χ3v) is 1.56. The molecule has 66 valence electrons. The van der Waals surface area contributed by atoms with Crippen molar-refractivity contribution in [2.75, 3.05) is 13.1 Å². The van der Waals surface area contributed by atoms with E-state index >= 15 is 0 Å². The van der Waals surface area contributed by atoms with Crippen molar-refractivity contribution in [3.8, 4) is 0 Å². The minimum Gasteiger partial charge on any atom is -0.481 e. The van der Waals surface area contributed by atoms with Crippen LogP contribution in [0.15, 0.2) is 17.3 Å². The van der Waals surface area contributed by atoms with Gasteiger partial charge in [-0.2, -0.15) is 0 Å². The van der Waals surface area contributed by atoms with E-state index < -0.39 is 5.97 Å². The first-order valence-electron chi connectivity index (χ1n) is 3.65. The number of aliphatic carboxylic acids is 1. The molecular weight excluding hydrogens is 158 g/mol. The summed E-state index contributed by atoms with van der Waals surface area (Å²) in [5, 5.41) is 8.41. The second-order valence-electron chi connectivity index (χ2n) is 2.46. The molecule has 5 nitrogen and oxygen atoms in total. The van der Waals surface area contributed by atoms with Crippen LogP contribution in [0.5, 0.6) is 0 Å². The monoisotopic (exact) mass is 169 g/mol. The van der Waals surface area contributed by atoms with E-state index in [0.29, 0.717) is 19.0 Å². The van der Waals surface area contributed by atoms with Gasteiger partial charge in [0.05, 0.1) is 6.42 Å². The molecule has 0 saturated carbocycles. The maximum Gasteiger partial charge on any atom is 0.305 e. The Labute approximate surface area is 70.2 Å². The van der Waals surface area contributed by atoms with Gasteiger partial charge in [-0.1, -0.05) is 0 Å². The molecule has 1 rings (SSSR count). The molecule has 1 aliphatic heterocycles. The lowest BCUT2D eigenvalue weighted by molar-refractivity contribution is -0.137. The normalized spacial score (nSPS) is 16.0. The van der Waals surface area contributed by atoms with E-state index in [1.807, 2.05) is 6.08 Å². The first-order valence-corrected chi connectivity index (χ1v) is 3.65. The van der Waals surface area contributed by atoms with Crippen molar-refractivity contribution in [3.05, 3.63) is 12.3 Å². The third-order valence-electron chi connectivity index (χ3n) is 1.56. The summed E-state index contributed by atoms with van der Waals surface area (Å²) < 4.78 is 0. The summed E-state index contributed by atoms with van der Waals surface area (Å²) in [5.41, 5.74) is 5.50. The lowest BCUT2D eigenvalue weighted by atomic mass is 10.3. The van der Waals surface area contributed by atoms with E-state index in [9.17, 15) is 4.79 Å². The highest BCUT2D eigenvalue weighted by molar-refractivity contribution is 5.80. The Morgan fingerprint density at radius 2 is 2.58 bits per heavy atom. The summed E-state index contributed by atoms with van der Waals surface area (Å²) in [6.07, 6.45) is 3.54. The van der Waals surface area contributed by atoms with Crippen LogP contribution in [-0.2, 0) is 4.79 Å². The van der Waals surface area contributed by atoms with Gasteiger partial charge in [-0.25, -0.2) is 4.99 Å². The highest BCUT2D eigenvalue weighted by Crippen LogP contribution is 1.97. The first kappa shape index (κ1) is 8.58. The summed E-state index contributed by atoms with van der Waals surface area (Å²) in [6, 6.07) is 0. The summed E-state index contributed by atoms with van der Waals surface area (Å²) in [7, 11) is 0. The van der Waals surface area contributed by atoms with Gasteiger partial charge in [0.15, 0.2) is 5.96 Å². The number of carboxylic acids is 1. The summed E-state index contributed by atoms with van der Waals surface area (Å²) in [5.74, 6) is -0.434. The van der Waals surface area contributed by atoms with Gasteiger partial charge >= 0.3 is 5.97 Å². The van der Waals surface area contributed by atoms with Crippen LogP contribution < -0.4 is 5.73 Å². The van der Waals surface area contributed by atoms with Gasteiger partial charge in [-0.3, -0.25) is 4.79 Å². The first-order chi connectivity index (χ1) is 5.70. The van der Waals surface area contributed by atoms with Crippen LogP contribution in [0.25, 0.3) is 0 Å². The van der Waals surface area contributed by atoms with Crippen molar-refractivity contribution in [1.29, 1.82) is 0 Å². The second-order valence-corrected chi connectivity index (χ2v) is 2.46. The molecule has 0 aromatic carbocycles. The van der Waals surface area contributed by atoms with Gasteiger partial charge in [0.1, 0.15) is 0 Å². The molecule has 0 atom stereocenters. The highest BCUT2D eigenvalue weighted by atomic mass is 16.4. The fourth-order valence-corrected chi connectivity index (χ4v) is 0.915. The molecule has 0 bridgehead atoms. The van der Waals surface area contributed by atoms with Gasteiger partial charge in [0, 0.05) is 19.3 Å². The van der Waals surface area contributed by atoms with E-state index in [4.69, 9.17) is 10.8 Å². The maximum absolute atomic E-state index is 10.2. The number of rotatable bonds is 3. The lowest BCUT2D eigenvalue weighted by Crippen LogP contribution is -2.39. The topological polar surface area (TPSA) is 78.9 Å². The van der Waals surface area contributed by atoms with Crippen LogP contribution >= 0.6 is 0 Å². The summed E-state index contributed by atoms with van der Waals surface area (Å²) >= 11 is 0. The van der Waals surface area contributed by atoms with Crippen LogP contribution in [0.4, 0.5) is 0 Å². The van der Waals surface area contributed by atoms with E-state index in [1.165, 1.54) is 0 Å². The number of nitrogens with two attached hydrogens (primary N) is 1. The molecule has 0 aromatic rings. The molecular formula is C7H11N3O2. The van der Waals surface area contributed by atoms with Crippen molar-refractivity contribution >= 4 is 11.9 Å². The smallest absolute Gasteiger partial charge is 0.305 e. The molecule has 1 aliphatic rings. The third kappa shape index (κ3) is 2.26. The van der Waals surface area contributed by atoms with Gasteiger partial charge < -0.3 is 15.7 Å². The van der Waals surface area contributed by atoms with E-state index in [2.05, 4.69) is 4.99 Å². The number of nitrogens with zero attached hydrogens (tertiary/aromatic N) is 2. The van der Waals surface area contributed by atoms with Gasteiger partial charge in [-0.15, -0.1) is 0 Å². The highest BCUT2D eigenvalue weighted by Gasteiger charge is 2.09. The molecule has 0 radical (unpaired) electrons. The molecule has 0 amide bonds. The Balaban J connectivity index is 2.38. The number of aliphatic imine (C=N–C) groups is 1. The zero-order chi connectivity index (χ0) is 8.97. The van der Waals surface area contributed by atoms with Gasteiger partial charge in [0.2, 0.25) is 0 Å². The van der Waals surface area contributed by atoms with Crippen molar-refractivity contribution in [3.63, 3.8) is 0 Å². The van der Waals surface area contributed by atoms with Crippen LogP contribution in [0, 0.1) is 0 Å². The van der Waals surface area contributed by atoms with Crippen LogP contribution in [0.2, 0.25) is 0 Å². The Morgan fingerprint density at radius 1 is 1.83 bits per heavy atom. The zero-order valence-corrected chi connectivity index (χ0v) is 6.60. The Kier molecular flexibility index (Phi) is 2.68. The van der Waals surface area contributed by atoms with E-state index in [-0.39, 0.29) is 6.42 Å². The molecule has 0 aliphatic carbocycles. The number of carbonyl (C=O) groups is 1. The molecule has 0 saturated heterocycles. The van der Waals surface area contributed by atoms with Crippen LogP contribution in [0.3, 0.4) is 0 Å². The van der Waals surface area contributed by atoms with E-state index in [0.717, 1.165) is 0 Å². The number of carboxylic acid groups (broad SMARTS) is 1. The van der Waals surface area contributed by atoms with E-state index in [1.54, 1.807) is 11.1 Å². The average molecular weight is 169 g/mol. The molecule has 1 heterocycles. The van der Waals surface area contributed by atoms with Crippen molar-refractivity contribution in [1.82, 2.24) is 4.90 Å². The standard InChI is InChI=1S/C7H11N3O2/c8-7-9-3-1-4-10(7)5-2-6(11)12/h1,3H,2,4-5H2,(H2,8,9)(H,11,12). The maximum atomic E-state index is 10.2. The predicted octanol–water partition coefficient (Wildman–Crippen LogP) is -0.395. The molecule has 12 heavy (non-hydrogen) atoms. The van der Waals surface area contributed by atoms with Crippen molar-refractivity contribution < 1.29 is 9.90 Å². The molecule has 3 N–H and O–H groups in total. The van der Waals surface area contributed by atoms with Gasteiger partial charge in [-0.05, 0) is 6.08 Å². The molecule has 0 aromatic heterocycles. The summed E-state index contributed by atoms with van der Waals surface area (Å²) in [6.45, 7) is 1.05. The average Bonchev–Trinajstić information content (AvgIpc) is 2.03. The molecule has 0 spiro atoms. The Bertz CT molecular complexity index is 235. The SMILES string of the molecule is NC1=NC=CCN1CCC(=O)O. The minimum absolute atomic E-state index is 0.0874. The van der Waals surface area contributed by atoms with Crippen molar-refractivity contribution in [2.45, 2.75) is 6.42 Å². The number of hydrogen-bond donors (Lipinski definition) is 2.